The van der Waals surface area contributed by atoms with Crippen molar-refractivity contribution in [3.63, 3.8) is 0 Å². The molecule has 17 heteroatoms. The van der Waals surface area contributed by atoms with Gasteiger partial charge in [0.15, 0.2) is 16.9 Å². The number of aliphatic carboxylic acids is 1. The summed E-state index contributed by atoms with van der Waals surface area (Å²) in [5, 5.41) is 18.2. The number of β-lactam (4-membered cyclic amide) rings is 1. The van der Waals surface area contributed by atoms with E-state index in [0.29, 0.717) is 0 Å². The number of nitrogen functional groups attached to an aromatic ring is 1. The number of nitrogens with two attached hydrogens (primary N) is 1. The summed E-state index contributed by atoms with van der Waals surface area (Å²) < 4.78 is 31.8. The minimum atomic E-state index is -5.07. The third kappa shape index (κ3) is 4.89. The van der Waals surface area contributed by atoms with Crippen molar-refractivity contribution in [1.82, 2.24) is 19.9 Å². The molecule has 15 nitrogen and oxygen atoms in total. The Hall–Kier alpha value is -3.31. The molecule has 2 heterocycles. The second-order valence-corrected chi connectivity index (χ2v) is 8.72. The first kappa shape index (κ1) is 24.0. The molecule has 0 unspecified atom stereocenters. The summed E-state index contributed by atoms with van der Waals surface area (Å²) in [6, 6.07) is -3.45. The fourth-order valence-electron chi connectivity index (χ4n) is 2.28. The number of nitrogens with one attached hydrogen (secondary N) is 2. The van der Waals surface area contributed by atoms with E-state index in [-0.39, 0.29) is 15.1 Å². The van der Waals surface area contributed by atoms with Crippen LogP contribution >= 0.6 is 11.3 Å². The quantitative estimate of drug-likeness (QED) is 0.114. The molecule has 1 fully saturated rings. The summed E-state index contributed by atoms with van der Waals surface area (Å²) in [7, 11) is -3.92. The molecule has 0 radical (unpaired) electrons. The largest absolute Gasteiger partial charge is 0.478 e. The summed E-state index contributed by atoms with van der Waals surface area (Å²) >= 11 is 0.924. The van der Waals surface area contributed by atoms with Crippen LogP contribution < -0.4 is 16.4 Å². The zero-order valence-electron chi connectivity index (χ0n) is 16.2. The van der Waals surface area contributed by atoms with Crippen molar-refractivity contribution < 1.29 is 42.1 Å². The van der Waals surface area contributed by atoms with Gasteiger partial charge in [-0.15, -0.1) is 11.3 Å². The molecule has 170 valence electrons. The van der Waals surface area contributed by atoms with Crippen LogP contribution in [0.3, 0.4) is 0 Å². The van der Waals surface area contributed by atoms with E-state index >= 15 is 0 Å². The Morgan fingerprint density at radius 3 is 2.45 bits per heavy atom. The van der Waals surface area contributed by atoms with Gasteiger partial charge < -0.3 is 26.3 Å². The highest BCUT2D eigenvalue weighted by atomic mass is 32.2. The predicted octanol–water partition coefficient (Wildman–Crippen LogP) is -2.45. The Kier molecular flexibility index (Phi) is 6.52. The van der Waals surface area contributed by atoms with E-state index in [1.807, 2.05) is 0 Å². The number of hydrogen-bond donors (Lipinski definition) is 5. The highest BCUT2D eigenvalue weighted by Gasteiger charge is 2.57. The third-order valence-corrected chi connectivity index (χ3v) is 5.54. The SMILES string of the molecule is CNC(=O)[C@@H]1[C@H](NC(=O)C(=NOC(C)(C)C(=O)O)c2csc(N)n2)C(=O)N1S(=O)(=O)O. The van der Waals surface area contributed by atoms with Crippen molar-refractivity contribution in [2.24, 2.45) is 5.16 Å². The van der Waals surface area contributed by atoms with Crippen molar-refractivity contribution in [2.75, 3.05) is 12.8 Å². The fourth-order valence-corrected chi connectivity index (χ4v) is 3.67. The third-order valence-electron chi connectivity index (χ3n) is 3.96. The van der Waals surface area contributed by atoms with Crippen molar-refractivity contribution in [3.8, 4) is 0 Å². The van der Waals surface area contributed by atoms with Gasteiger partial charge >= 0.3 is 16.3 Å². The Morgan fingerprint density at radius 1 is 1.39 bits per heavy atom. The van der Waals surface area contributed by atoms with E-state index in [1.54, 1.807) is 0 Å². The van der Waals surface area contributed by atoms with E-state index < -0.39 is 57.4 Å². The minimum absolute atomic E-state index is 0.0356. The molecule has 6 N–H and O–H groups in total. The van der Waals surface area contributed by atoms with Crippen LogP contribution in [-0.4, -0.2) is 81.5 Å². The van der Waals surface area contributed by atoms with Crippen LogP contribution in [0.5, 0.6) is 0 Å². The lowest BCUT2D eigenvalue weighted by atomic mass is 9.97. The van der Waals surface area contributed by atoms with E-state index in [1.165, 1.54) is 5.38 Å². The van der Waals surface area contributed by atoms with Gasteiger partial charge in [0.1, 0.15) is 11.7 Å². The fraction of sp³-hybridized carbons (Fsp3) is 0.429. The van der Waals surface area contributed by atoms with Crippen molar-refractivity contribution in [1.29, 1.82) is 0 Å². The summed E-state index contributed by atoms with van der Waals surface area (Å²) in [6.07, 6.45) is 0. The number of nitrogens with zero attached hydrogens (tertiary/aromatic N) is 3. The maximum Gasteiger partial charge on any atom is 0.363 e. The van der Waals surface area contributed by atoms with E-state index in [4.69, 9.17) is 20.2 Å². The molecule has 2 atom stereocenters. The first-order valence-electron chi connectivity index (χ1n) is 8.24. The molecule has 1 saturated heterocycles. The Balaban J connectivity index is 2.36. The first-order valence-corrected chi connectivity index (χ1v) is 10.5. The number of carbonyl (C=O) groups excluding carboxylic acids is 3. The van der Waals surface area contributed by atoms with E-state index in [9.17, 15) is 27.6 Å². The topological polar surface area (TPSA) is 231 Å². The van der Waals surface area contributed by atoms with Crippen molar-refractivity contribution in [2.45, 2.75) is 31.5 Å². The number of anilines is 1. The van der Waals surface area contributed by atoms with Gasteiger partial charge in [-0.05, 0) is 13.8 Å². The van der Waals surface area contributed by atoms with Crippen LogP contribution in [0, 0.1) is 0 Å². The normalized spacial score (nSPS) is 19.4. The average Bonchev–Trinajstić information content (AvgIpc) is 3.07. The number of oxime groups is 1. The van der Waals surface area contributed by atoms with Gasteiger partial charge in [0.25, 0.3) is 11.8 Å². The molecule has 3 amide bonds. The van der Waals surface area contributed by atoms with Gasteiger partial charge in [0.2, 0.25) is 11.5 Å². The zero-order chi connectivity index (χ0) is 23.7. The van der Waals surface area contributed by atoms with Gasteiger partial charge in [-0.1, -0.05) is 5.16 Å². The molecule has 0 aromatic carbocycles. The second-order valence-electron chi connectivity index (χ2n) is 6.54. The molecule has 1 aromatic rings. The lowest BCUT2D eigenvalue weighted by molar-refractivity contribution is -0.161. The molecule has 2 rings (SSSR count). The number of carbonyl (C=O) groups is 4. The monoisotopic (exact) mass is 478 g/mol. The maximum absolute atomic E-state index is 12.7. The number of amides is 3. The van der Waals surface area contributed by atoms with Gasteiger partial charge in [-0.3, -0.25) is 18.9 Å². The highest BCUT2D eigenvalue weighted by Crippen LogP contribution is 2.24. The van der Waals surface area contributed by atoms with Crippen LogP contribution in [0.1, 0.15) is 19.5 Å². The predicted molar refractivity (Wildman–Crippen MR) is 104 cm³/mol. The van der Waals surface area contributed by atoms with Crippen LogP contribution in [-0.2, 0) is 34.3 Å². The smallest absolute Gasteiger partial charge is 0.363 e. The number of carboxylic acid groups (broad SMARTS) is 1. The highest BCUT2D eigenvalue weighted by molar-refractivity contribution is 7.84. The molecule has 1 aliphatic heterocycles. The summed E-state index contributed by atoms with van der Waals surface area (Å²) in [5.41, 5.74) is 2.97. The van der Waals surface area contributed by atoms with Crippen LogP contribution in [0.25, 0.3) is 0 Å². The maximum atomic E-state index is 12.7. The second kappa shape index (κ2) is 8.44. The van der Waals surface area contributed by atoms with Crippen LogP contribution in [0.2, 0.25) is 0 Å². The van der Waals surface area contributed by atoms with E-state index in [0.717, 1.165) is 32.2 Å². The summed E-state index contributed by atoms with van der Waals surface area (Å²) in [5.74, 6) is -4.81. The van der Waals surface area contributed by atoms with Gasteiger partial charge in [-0.25, -0.2) is 9.78 Å². The molecule has 0 saturated carbocycles. The summed E-state index contributed by atoms with van der Waals surface area (Å²) in [4.78, 5) is 56.8. The van der Waals surface area contributed by atoms with Crippen LogP contribution in [0.4, 0.5) is 5.13 Å². The van der Waals surface area contributed by atoms with Crippen molar-refractivity contribution >= 4 is 56.2 Å². The van der Waals surface area contributed by atoms with Gasteiger partial charge in [0, 0.05) is 12.4 Å². The molecule has 1 aromatic heterocycles. The molecular weight excluding hydrogens is 460 g/mol. The molecule has 0 spiro atoms. The van der Waals surface area contributed by atoms with Crippen LogP contribution in [0.15, 0.2) is 10.5 Å². The Morgan fingerprint density at radius 2 is 2.00 bits per heavy atom. The number of carboxylic acids is 1. The number of hydrogen-bond acceptors (Lipinski definition) is 11. The van der Waals surface area contributed by atoms with E-state index in [2.05, 4.69) is 20.8 Å². The summed E-state index contributed by atoms with van der Waals surface area (Å²) in [6.45, 7) is 2.32. The zero-order valence-corrected chi connectivity index (χ0v) is 17.9. The first-order chi connectivity index (χ1) is 14.2. The number of thiazole rings is 1. The number of rotatable bonds is 8. The Labute approximate surface area is 179 Å². The number of aromatic nitrogens is 1. The lowest BCUT2D eigenvalue weighted by Gasteiger charge is -2.42. The van der Waals surface area contributed by atoms with Gasteiger partial charge in [0.05, 0.1) is 0 Å². The molecule has 1 aliphatic rings. The van der Waals surface area contributed by atoms with Crippen molar-refractivity contribution in [3.05, 3.63) is 11.1 Å². The lowest BCUT2D eigenvalue weighted by Crippen LogP contribution is -2.76. The molecule has 0 bridgehead atoms. The standard InChI is InChI=1S/C14H18N6O9S2/c1-14(2,12(24)25)29-19-6(5-4-30-13(15)17-5)9(21)18-7-8(10(22)16-3)20(11(7)23)31(26,27)28/h4,7-8H,1-3H3,(H2,15,17)(H,16,22)(H,18,21)(H,24,25)(H,26,27,28)/t7-,8-/m0/s1. The molecule has 0 aliphatic carbocycles. The van der Waals surface area contributed by atoms with Gasteiger partial charge in [-0.2, -0.15) is 12.7 Å². The molecular formula is C14H18N6O9S2. The number of likely N-dealkylation sites (N-methyl/N-ethyl adjacent to an activating group) is 1. The minimum Gasteiger partial charge on any atom is -0.478 e. The Bertz CT molecular complexity index is 1060. The molecule has 31 heavy (non-hydrogen) atoms. The average molecular weight is 478 g/mol.